The zero-order valence-corrected chi connectivity index (χ0v) is 9.86. The van der Waals surface area contributed by atoms with Gasteiger partial charge in [-0.1, -0.05) is 12.1 Å². The van der Waals surface area contributed by atoms with Crippen LogP contribution in [0.2, 0.25) is 0 Å². The van der Waals surface area contributed by atoms with Crippen molar-refractivity contribution in [2.75, 3.05) is 26.9 Å². The first kappa shape index (κ1) is 12.8. The summed E-state index contributed by atoms with van der Waals surface area (Å²) >= 11 is 0. The van der Waals surface area contributed by atoms with Crippen LogP contribution in [0.3, 0.4) is 0 Å². The molecular weight excluding hydrogens is 206 g/mol. The van der Waals surface area contributed by atoms with Gasteiger partial charge in [-0.25, -0.2) is 0 Å². The number of rotatable bonds is 7. The van der Waals surface area contributed by atoms with Gasteiger partial charge in [0, 0.05) is 19.2 Å². The van der Waals surface area contributed by atoms with E-state index in [0.717, 1.165) is 17.1 Å². The van der Waals surface area contributed by atoms with Gasteiger partial charge in [0.2, 0.25) is 0 Å². The summed E-state index contributed by atoms with van der Waals surface area (Å²) < 4.78 is 16.1. The fourth-order valence-corrected chi connectivity index (χ4v) is 1.38. The summed E-state index contributed by atoms with van der Waals surface area (Å²) in [4.78, 5) is 0. The van der Waals surface area contributed by atoms with Crippen LogP contribution in [0.5, 0.6) is 11.5 Å². The molecule has 1 aromatic rings. The average molecular weight is 225 g/mol. The topological polar surface area (TPSA) is 53.7 Å². The molecule has 0 fully saturated rings. The Balaban J connectivity index is 2.81. The molecule has 2 N–H and O–H groups in total. The van der Waals surface area contributed by atoms with Crippen LogP contribution in [0.1, 0.15) is 12.5 Å². The third-order valence-electron chi connectivity index (χ3n) is 2.11. The lowest BCUT2D eigenvalue weighted by molar-refractivity contribution is 0.143. The van der Waals surface area contributed by atoms with Crippen molar-refractivity contribution < 1.29 is 14.2 Å². The van der Waals surface area contributed by atoms with Gasteiger partial charge in [-0.3, -0.25) is 0 Å². The molecule has 0 aliphatic rings. The quantitative estimate of drug-likeness (QED) is 0.716. The average Bonchev–Trinajstić information content (AvgIpc) is 2.31. The Bertz CT molecular complexity index is 315. The summed E-state index contributed by atoms with van der Waals surface area (Å²) in [5.74, 6) is 1.46. The summed E-state index contributed by atoms with van der Waals surface area (Å²) in [6.07, 6.45) is 0. The maximum atomic E-state index is 5.65. The van der Waals surface area contributed by atoms with E-state index in [1.807, 2.05) is 25.1 Å². The number of methoxy groups -OCH3 is 1. The van der Waals surface area contributed by atoms with Gasteiger partial charge in [0.1, 0.15) is 6.61 Å². The van der Waals surface area contributed by atoms with Gasteiger partial charge in [-0.2, -0.15) is 0 Å². The number of hydrogen-bond acceptors (Lipinski definition) is 4. The Kier molecular flexibility index (Phi) is 5.67. The van der Waals surface area contributed by atoms with E-state index in [9.17, 15) is 0 Å². The van der Waals surface area contributed by atoms with Crippen molar-refractivity contribution >= 4 is 0 Å². The summed E-state index contributed by atoms with van der Waals surface area (Å²) in [5, 5.41) is 0. The molecule has 4 heteroatoms. The molecular formula is C12H19NO3. The molecule has 4 nitrogen and oxygen atoms in total. The number of para-hydroxylation sites is 1. The third kappa shape index (κ3) is 3.40. The molecule has 1 aromatic carbocycles. The second-order valence-corrected chi connectivity index (χ2v) is 3.22. The van der Waals surface area contributed by atoms with Crippen LogP contribution in [0.15, 0.2) is 18.2 Å². The second-order valence-electron chi connectivity index (χ2n) is 3.22. The molecule has 0 unspecified atom stereocenters. The largest absolute Gasteiger partial charge is 0.490 e. The summed E-state index contributed by atoms with van der Waals surface area (Å²) in [6, 6.07) is 5.73. The van der Waals surface area contributed by atoms with Crippen LogP contribution >= 0.6 is 0 Å². The Morgan fingerprint density at radius 1 is 1.19 bits per heavy atom. The van der Waals surface area contributed by atoms with Crippen molar-refractivity contribution in [2.45, 2.75) is 13.5 Å². The highest BCUT2D eigenvalue weighted by Gasteiger charge is 2.09. The van der Waals surface area contributed by atoms with Crippen LogP contribution in [0.25, 0.3) is 0 Å². The smallest absolute Gasteiger partial charge is 0.165 e. The normalized spacial score (nSPS) is 10.2. The molecule has 0 atom stereocenters. The zero-order chi connectivity index (χ0) is 11.8. The SMILES string of the molecule is CCOc1cccc(CN)c1OCCOC. The Labute approximate surface area is 96.3 Å². The summed E-state index contributed by atoms with van der Waals surface area (Å²) in [5.41, 5.74) is 6.60. The fraction of sp³-hybridized carbons (Fsp3) is 0.500. The third-order valence-corrected chi connectivity index (χ3v) is 2.11. The molecule has 0 spiro atoms. The minimum Gasteiger partial charge on any atom is -0.490 e. The molecule has 0 saturated carbocycles. The minimum atomic E-state index is 0.434. The molecule has 0 aliphatic carbocycles. The Morgan fingerprint density at radius 2 is 2.00 bits per heavy atom. The van der Waals surface area contributed by atoms with Crippen molar-refractivity contribution in [3.63, 3.8) is 0 Å². The van der Waals surface area contributed by atoms with E-state index in [0.29, 0.717) is 26.4 Å². The predicted molar refractivity (Wildman–Crippen MR) is 62.9 cm³/mol. The standard InChI is InChI=1S/C12H19NO3/c1-3-15-11-6-4-5-10(9-13)12(11)16-8-7-14-2/h4-6H,3,7-9,13H2,1-2H3. The van der Waals surface area contributed by atoms with E-state index in [2.05, 4.69) is 0 Å². The van der Waals surface area contributed by atoms with E-state index in [1.165, 1.54) is 0 Å². The van der Waals surface area contributed by atoms with Crippen molar-refractivity contribution in [2.24, 2.45) is 5.73 Å². The van der Waals surface area contributed by atoms with Gasteiger partial charge in [0.15, 0.2) is 11.5 Å². The minimum absolute atomic E-state index is 0.434. The van der Waals surface area contributed by atoms with E-state index in [-0.39, 0.29) is 0 Å². The molecule has 0 aromatic heterocycles. The molecule has 0 heterocycles. The molecule has 16 heavy (non-hydrogen) atoms. The Morgan fingerprint density at radius 3 is 2.62 bits per heavy atom. The van der Waals surface area contributed by atoms with E-state index in [1.54, 1.807) is 7.11 Å². The molecule has 1 rings (SSSR count). The lowest BCUT2D eigenvalue weighted by atomic mass is 10.2. The first-order chi connectivity index (χ1) is 7.83. The van der Waals surface area contributed by atoms with Crippen LogP contribution in [0.4, 0.5) is 0 Å². The van der Waals surface area contributed by atoms with Gasteiger partial charge in [0.05, 0.1) is 13.2 Å². The first-order valence-electron chi connectivity index (χ1n) is 5.40. The summed E-state index contributed by atoms with van der Waals surface area (Å²) in [7, 11) is 1.64. The number of nitrogens with two attached hydrogens (primary N) is 1. The van der Waals surface area contributed by atoms with Crippen LogP contribution < -0.4 is 15.2 Å². The fourth-order valence-electron chi connectivity index (χ4n) is 1.38. The van der Waals surface area contributed by atoms with Crippen molar-refractivity contribution in [3.8, 4) is 11.5 Å². The highest BCUT2D eigenvalue weighted by Crippen LogP contribution is 2.31. The van der Waals surface area contributed by atoms with E-state index in [4.69, 9.17) is 19.9 Å². The predicted octanol–water partition coefficient (Wildman–Crippen LogP) is 1.57. The summed E-state index contributed by atoms with van der Waals surface area (Å²) in [6.45, 7) is 4.02. The molecule has 0 radical (unpaired) electrons. The highest BCUT2D eigenvalue weighted by molar-refractivity contribution is 5.46. The maximum absolute atomic E-state index is 5.65. The zero-order valence-electron chi connectivity index (χ0n) is 9.86. The van der Waals surface area contributed by atoms with Gasteiger partial charge in [0.25, 0.3) is 0 Å². The first-order valence-corrected chi connectivity index (χ1v) is 5.40. The van der Waals surface area contributed by atoms with Crippen LogP contribution in [0, 0.1) is 0 Å². The van der Waals surface area contributed by atoms with Gasteiger partial charge in [-0.15, -0.1) is 0 Å². The molecule has 0 saturated heterocycles. The van der Waals surface area contributed by atoms with E-state index >= 15 is 0 Å². The Hall–Kier alpha value is -1.26. The molecule has 0 bridgehead atoms. The van der Waals surface area contributed by atoms with Crippen molar-refractivity contribution in [1.82, 2.24) is 0 Å². The highest BCUT2D eigenvalue weighted by atomic mass is 16.5. The second kappa shape index (κ2) is 7.09. The van der Waals surface area contributed by atoms with Crippen LogP contribution in [-0.2, 0) is 11.3 Å². The number of hydrogen-bond donors (Lipinski definition) is 1. The molecule has 0 aliphatic heterocycles. The molecule has 0 amide bonds. The monoisotopic (exact) mass is 225 g/mol. The lowest BCUT2D eigenvalue weighted by Crippen LogP contribution is -2.09. The maximum Gasteiger partial charge on any atom is 0.165 e. The van der Waals surface area contributed by atoms with Gasteiger partial charge >= 0.3 is 0 Å². The van der Waals surface area contributed by atoms with Crippen molar-refractivity contribution in [1.29, 1.82) is 0 Å². The van der Waals surface area contributed by atoms with Crippen molar-refractivity contribution in [3.05, 3.63) is 23.8 Å². The van der Waals surface area contributed by atoms with Gasteiger partial charge in [-0.05, 0) is 13.0 Å². The van der Waals surface area contributed by atoms with E-state index < -0.39 is 0 Å². The molecule has 90 valence electrons. The van der Waals surface area contributed by atoms with Gasteiger partial charge < -0.3 is 19.9 Å². The lowest BCUT2D eigenvalue weighted by Gasteiger charge is -2.14. The van der Waals surface area contributed by atoms with Crippen LogP contribution in [-0.4, -0.2) is 26.9 Å². The number of benzene rings is 1. The number of ether oxygens (including phenoxy) is 3.